The van der Waals surface area contributed by atoms with Gasteiger partial charge < -0.3 is 5.32 Å². The van der Waals surface area contributed by atoms with Crippen LogP contribution in [0.1, 0.15) is 44.7 Å². The Balaban J connectivity index is 1.70. The summed E-state index contributed by atoms with van der Waals surface area (Å²) < 4.78 is 0. The molecule has 1 heterocycles. The molecule has 1 aromatic carbocycles. The highest BCUT2D eigenvalue weighted by Gasteiger charge is 2.34. The molecule has 0 aromatic heterocycles. The average molecular weight is 258 g/mol. The first-order valence-electron chi connectivity index (χ1n) is 7.80. The predicted octanol–water partition coefficient (Wildman–Crippen LogP) is 3.21. The van der Waals surface area contributed by atoms with Crippen LogP contribution in [-0.4, -0.2) is 30.1 Å². The lowest BCUT2D eigenvalue weighted by molar-refractivity contribution is 0.0432. The molecule has 1 saturated carbocycles. The summed E-state index contributed by atoms with van der Waals surface area (Å²) in [5, 5.41) is 3.70. The van der Waals surface area contributed by atoms with E-state index < -0.39 is 0 Å². The van der Waals surface area contributed by atoms with Crippen LogP contribution in [0.2, 0.25) is 0 Å². The number of nitrogens with one attached hydrogen (secondary N) is 1. The second-order valence-electron chi connectivity index (χ2n) is 6.35. The van der Waals surface area contributed by atoms with E-state index in [4.69, 9.17) is 0 Å². The zero-order chi connectivity index (χ0) is 13.2. The Labute approximate surface area is 117 Å². The molecule has 3 unspecified atom stereocenters. The second-order valence-corrected chi connectivity index (χ2v) is 6.35. The summed E-state index contributed by atoms with van der Waals surface area (Å²) in [7, 11) is 0. The van der Waals surface area contributed by atoms with E-state index in [1.807, 2.05) is 0 Å². The fourth-order valence-corrected chi connectivity index (χ4v) is 3.55. The zero-order valence-electron chi connectivity index (χ0n) is 12.2. The van der Waals surface area contributed by atoms with Crippen molar-refractivity contribution in [3.63, 3.8) is 0 Å². The van der Waals surface area contributed by atoms with E-state index in [1.54, 1.807) is 0 Å². The molecule has 1 aliphatic carbocycles. The maximum atomic E-state index is 3.70. The SMILES string of the molecule is CC1CNC(c2ccccc2)CN1C(C)C1CCC1. The van der Waals surface area contributed by atoms with Gasteiger partial charge in [-0.3, -0.25) is 4.90 Å². The maximum Gasteiger partial charge on any atom is 0.0450 e. The minimum Gasteiger partial charge on any atom is -0.307 e. The third-order valence-corrected chi connectivity index (χ3v) is 5.18. The number of piperazine rings is 1. The topological polar surface area (TPSA) is 15.3 Å². The number of rotatable bonds is 3. The summed E-state index contributed by atoms with van der Waals surface area (Å²) in [6.45, 7) is 7.07. The number of benzene rings is 1. The summed E-state index contributed by atoms with van der Waals surface area (Å²) in [4.78, 5) is 2.73. The summed E-state index contributed by atoms with van der Waals surface area (Å²) in [5.41, 5.74) is 1.43. The van der Waals surface area contributed by atoms with E-state index in [0.29, 0.717) is 12.1 Å². The molecule has 2 aliphatic rings. The van der Waals surface area contributed by atoms with E-state index >= 15 is 0 Å². The van der Waals surface area contributed by atoms with Crippen LogP contribution in [0, 0.1) is 5.92 Å². The molecule has 0 amide bonds. The molecule has 1 aromatic rings. The molecule has 0 bridgehead atoms. The van der Waals surface area contributed by atoms with Crippen molar-refractivity contribution in [1.29, 1.82) is 0 Å². The highest BCUT2D eigenvalue weighted by molar-refractivity contribution is 5.20. The Hall–Kier alpha value is -0.860. The van der Waals surface area contributed by atoms with E-state index in [1.165, 1.54) is 24.8 Å². The molecule has 1 N–H and O–H groups in total. The van der Waals surface area contributed by atoms with Crippen molar-refractivity contribution >= 4 is 0 Å². The van der Waals surface area contributed by atoms with E-state index in [2.05, 4.69) is 54.4 Å². The van der Waals surface area contributed by atoms with Crippen molar-refractivity contribution in [2.24, 2.45) is 5.92 Å². The summed E-state index contributed by atoms with van der Waals surface area (Å²) in [5.74, 6) is 0.942. The Bertz CT molecular complexity index is 399. The van der Waals surface area contributed by atoms with Gasteiger partial charge in [0.2, 0.25) is 0 Å². The van der Waals surface area contributed by atoms with Crippen molar-refractivity contribution < 1.29 is 0 Å². The van der Waals surface area contributed by atoms with Gasteiger partial charge >= 0.3 is 0 Å². The van der Waals surface area contributed by atoms with Gasteiger partial charge in [0, 0.05) is 31.2 Å². The van der Waals surface area contributed by atoms with Gasteiger partial charge in [-0.25, -0.2) is 0 Å². The van der Waals surface area contributed by atoms with Crippen molar-refractivity contribution in [3.8, 4) is 0 Å². The maximum absolute atomic E-state index is 3.70. The molecule has 1 aliphatic heterocycles. The molecular formula is C17H26N2. The third kappa shape index (κ3) is 2.70. The lowest BCUT2D eigenvalue weighted by atomic mass is 9.79. The van der Waals surface area contributed by atoms with Crippen molar-refractivity contribution in [1.82, 2.24) is 10.2 Å². The minimum absolute atomic E-state index is 0.500. The number of hydrogen-bond acceptors (Lipinski definition) is 2. The smallest absolute Gasteiger partial charge is 0.0450 e. The molecule has 2 nitrogen and oxygen atoms in total. The van der Waals surface area contributed by atoms with Crippen LogP contribution in [-0.2, 0) is 0 Å². The Morgan fingerprint density at radius 2 is 1.95 bits per heavy atom. The largest absolute Gasteiger partial charge is 0.307 e. The van der Waals surface area contributed by atoms with Crippen LogP contribution in [0.4, 0.5) is 0 Å². The fraction of sp³-hybridized carbons (Fsp3) is 0.647. The summed E-state index contributed by atoms with van der Waals surface area (Å²) >= 11 is 0. The molecule has 0 spiro atoms. The highest BCUT2D eigenvalue weighted by Crippen LogP contribution is 2.34. The van der Waals surface area contributed by atoms with E-state index in [9.17, 15) is 0 Å². The van der Waals surface area contributed by atoms with Gasteiger partial charge in [0.05, 0.1) is 0 Å². The van der Waals surface area contributed by atoms with Crippen molar-refractivity contribution in [2.75, 3.05) is 13.1 Å². The Morgan fingerprint density at radius 1 is 1.21 bits per heavy atom. The molecule has 2 fully saturated rings. The second kappa shape index (κ2) is 5.64. The van der Waals surface area contributed by atoms with Crippen molar-refractivity contribution in [2.45, 2.75) is 51.2 Å². The molecule has 3 atom stereocenters. The van der Waals surface area contributed by atoms with Gasteiger partial charge in [-0.1, -0.05) is 36.8 Å². The van der Waals surface area contributed by atoms with Crippen molar-refractivity contribution in [3.05, 3.63) is 35.9 Å². The molecule has 2 heteroatoms. The van der Waals surface area contributed by atoms with Gasteiger partial charge in [0.25, 0.3) is 0 Å². The Morgan fingerprint density at radius 3 is 2.58 bits per heavy atom. The van der Waals surface area contributed by atoms with Crippen LogP contribution in [0.15, 0.2) is 30.3 Å². The minimum atomic E-state index is 0.500. The van der Waals surface area contributed by atoms with Crippen LogP contribution in [0.25, 0.3) is 0 Å². The lowest BCUT2D eigenvalue weighted by Gasteiger charge is -2.47. The molecule has 1 saturated heterocycles. The van der Waals surface area contributed by atoms with Gasteiger partial charge in [0.15, 0.2) is 0 Å². The normalized spacial score (nSPS) is 30.8. The number of nitrogens with zero attached hydrogens (tertiary/aromatic N) is 1. The highest BCUT2D eigenvalue weighted by atomic mass is 15.3. The quantitative estimate of drug-likeness (QED) is 0.895. The molecular weight excluding hydrogens is 232 g/mol. The first kappa shape index (κ1) is 13.1. The molecule has 19 heavy (non-hydrogen) atoms. The van der Waals surface area contributed by atoms with Gasteiger partial charge in [-0.2, -0.15) is 0 Å². The van der Waals surface area contributed by atoms with E-state index in [-0.39, 0.29) is 0 Å². The van der Waals surface area contributed by atoms with Crippen LogP contribution < -0.4 is 5.32 Å². The van der Waals surface area contributed by atoms with Gasteiger partial charge in [0.1, 0.15) is 0 Å². The van der Waals surface area contributed by atoms with Crippen LogP contribution in [0.3, 0.4) is 0 Å². The van der Waals surface area contributed by atoms with Crippen LogP contribution >= 0.6 is 0 Å². The first-order chi connectivity index (χ1) is 9.25. The summed E-state index contributed by atoms with van der Waals surface area (Å²) in [6, 6.07) is 12.8. The number of hydrogen-bond donors (Lipinski definition) is 1. The van der Waals surface area contributed by atoms with Gasteiger partial charge in [-0.05, 0) is 38.2 Å². The van der Waals surface area contributed by atoms with E-state index in [0.717, 1.165) is 25.0 Å². The molecule has 3 rings (SSSR count). The Kier molecular flexibility index (Phi) is 3.90. The lowest BCUT2D eigenvalue weighted by Crippen LogP contribution is -2.56. The molecule has 104 valence electrons. The zero-order valence-corrected chi connectivity index (χ0v) is 12.2. The van der Waals surface area contributed by atoms with Crippen LogP contribution in [0.5, 0.6) is 0 Å². The summed E-state index contributed by atoms with van der Waals surface area (Å²) in [6.07, 6.45) is 4.32. The first-order valence-corrected chi connectivity index (χ1v) is 7.80. The predicted molar refractivity (Wildman–Crippen MR) is 80.2 cm³/mol. The fourth-order valence-electron chi connectivity index (χ4n) is 3.55. The van der Waals surface area contributed by atoms with Gasteiger partial charge in [-0.15, -0.1) is 0 Å². The standard InChI is InChI=1S/C17H26N2/c1-13-11-18-17(16-7-4-3-5-8-16)12-19(13)14(2)15-9-6-10-15/h3-5,7-8,13-15,17-18H,6,9-12H2,1-2H3. The average Bonchev–Trinajstić information content (AvgIpc) is 2.38. The third-order valence-electron chi connectivity index (χ3n) is 5.18. The molecule has 0 radical (unpaired) electrons. The monoisotopic (exact) mass is 258 g/mol.